The van der Waals surface area contributed by atoms with Crippen LogP contribution >= 0.6 is 11.3 Å². The second kappa shape index (κ2) is 10.0. The number of halogens is 3. The number of nitrogens with zero attached hydrogens (tertiary/aromatic N) is 4. The van der Waals surface area contributed by atoms with Crippen molar-refractivity contribution in [3.05, 3.63) is 40.3 Å². The molecule has 10 heteroatoms. The predicted octanol–water partition coefficient (Wildman–Crippen LogP) is 3.50. The van der Waals surface area contributed by atoms with E-state index in [1.54, 1.807) is 7.11 Å². The molecule has 1 fully saturated rings. The molecular weight excluding hydrogens is 415 g/mol. The summed E-state index contributed by atoms with van der Waals surface area (Å²) < 4.78 is 43.5. The van der Waals surface area contributed by atoms with Crippen molar-refractivity contribution in [3.8, 4) is 5.75 Å². The van der Waals surface area contributed by atoms with Crippen molar-refractivity contribution in [2.75, 3.05) is 51.3 Å². The minimum absolute atomic E-state index is 0.386. The molecule has 164 valence electrons. The first-order valence-corrected chi connectivity index (χ1v) is 10.7. The Labute approximate surface area is 178 Å². The van der Waals surface area contributed by atoms with Gasteiger partial charge in [-0.15, -0.1) is 11.3 Å². The topological polar surface area (TPSA) is 53.0 Å². The number of benzene rings is 1. The van der Waals surface area contributed by atoms with Gasteiger partial charge in [0.2, 0.25) is 0 Å². The number of aromatic nitrogens is 1. The van der Waals surface area contributed by atoms with E-state index in [-0.39, 0.29) is 0 Å². The number of hydrogen-bond acceptors (Lipinski definition) is 5. The van der Waals surface area contributed by atoms with Crippen molar-refractivity contribution in [1.82, 2.24) is 15.2 Å². The van der Waals surface area contributed by atoms with E-state index in [4.69, 9.17) is 4.74 Å². The molecular formula is C20H26F3N5OS. The number of thiazole rings is 1. The quantitative estimate of drug-likeness (QED) is 0.549. The zero-order valence-corrected chi connectivity index (χ0v) is 17.9. The number of guanidine groups is 1. The summed E-state index contributed by atoms with van der Waals surface area (Å²) >= 11 is 1.03. The molecule has 1 aliphatic rings. The van der Waals surface area contributed by atoms with Crippen LogP contribution in [0.2, 0.25) is 0 Å². The van der Waals surface area contributed by atoms with Gasteiger partial charge in [-0.2, -0.15) is 13.2 Å². The largest absolute Gasteiger partial charge is 0.495 e. The zero-order chi connectivity index (χ0) is 21.6. The predicted molar refractivity (Wildman–Crippen MR) is 114 cm³/mol. The van der Waals surface area contributed by atoms with Crippen LogP contribution in [0.25, 0.3) is 0 Å². The first kappa shape index (κ1) is 22.2. The van der Waals surface area contributed by atoms with Crippen LogP contribution in [0.3, 0.4) is 0 Å². The zero-order valence-electron chi connectivity index (χ0n) is 17.1. The molecule has 2 heterocycles. The number of ether oxygens (including phenoxy) is 1. The summed E-state index contributed by atoms with van der Waals surface area (Å²) in [5.41, 5.74) is 0.247. The first-order chi connectivity index (χ1) is 14.4. The van der Waals surface area contributed by atoms with E-state index < -0.39 is 11.9 Å². The van der Waals surface area contributed by atoms with Crippen LogP contribution in [0, 0.1) is 0 Å². The second-order valence-electron chi connectivity index (χ2n) is 6.76. The summed E-state index contributed by atoms with van der Waals surface area (Å²) in [7, 11) is 1.67. The summed E-state index contributed by atoms with van der Waals surface area (Å²) in [6.45, 7) is 6.34. The molecule has 30 heavy (non-hydrogen) atoms. The molecule has 0 aliphatic carbocycles. The molecule has 1 aliphatic heterocycles. The van der Waals surface area contributed by atoms with Crippen LogP contribution in [-0.2, 0) is 12.6 Å². The maximum atomic E-state index is 12.7. The van der Waals surface area contributed by atoms with Crippen LogP contribution in [0.5, 0.6) is 5.75 Å². The number of piperazine rings is 1. The highest BCUT2D eigenvalue weighted by Crippen LogP contribution is 2.30. The molecule has 1 saturated heterocycles. The summed E-state index contributed by atoms with van der Waals surface area (Å²) in [5.74, 6) is 1.64. The Morgan fingerprint density at radius 3 is 2.60 bits per heavy atom. The van der Waals surface area contributed by atoms with Gasteiger partial charge >= 0.3 is 6.18 Å². The van der Waals surface area contributed by atoms with E-state index in [0.717, 1.165) is 66.8 Å². The Kier molecular flexibility index (Phi) is 7.41. The van der Waals surface area contributed by atoms with Gasteiger partial charge in [-0.25, -0.2) is 4.98 Å². The Morgan fingerprint density at radius 1 is 1.23 bits per heavy atom. The number of methoxy groups -OCH3 is 1. The summed E-state index contributed by atoms with van der Waals surface area (Å²) in [4.78, 5) is 12.7. The van der Waals surface area contributed by atoms with Gasteiger partial charge in [-0.3, -0.25) is 4.99 Å². The Balaban J connectivity index is 1.58. The highest BCUT2D eigenvalue weighted by Gasteiger charge is 2.33. The van der Waals surface area contributed by atoms with E-state index in [1.807, 2.05) is 25.1 Å². The third-order valence-electron chi connectivity index (χ3n) is 4.77. The van der Waals surface area contributed by atoms with Gasteiger partial charge in [0.05, 0.1) is 17.8 Å². The third-order valence-corrected chi connectivity index (χ3v) is 5.68. The van der Waals surface area contributed by atoms with E-state index in [2.05, 4.69) is 31.2 Å². The normalized spacial score (nSPS) is 15.4. The van der Waals surface area contributed by atoms with Crippen LogP contribution in [0.15, 0.2) is 34.6 Å². The summed E-state index contributed by atoms with van der Waals surface area (Å²) in [5, 5.41) is 4.78. The molecule has 0 radical (unpaired) electrons. The van der Waals surface area contributed by atoms with Gasteiger partial charge < -0.3 is 19.9 Å². The number of alkyl halides is 3. The van der Waals surface area contributed by atoms with E-state index in [0.29, 0.717) is 18.0 Å². The smallest absolute Gasteiger partial charge is 0.434 e. The van der Waals surface area contributed by atoms with Gasteiger partial charge in [-0.05, 0) is 19.1 Å². The first-order valence-electron chi connectivity index (χ1n) is 9.85. The Bertz CT molecular complexity index is 847. The van der Waals surface area contributed by atoms with E-state index in [1.165, 1.54) is 0 Å². The van der Waals surface area contributed by atoms with Crippen molar-refractivity contribution in [3.63, 3.8) is 0 Å². The van der Waals surface area contributed by atoms with Crippen molar-refractivity contribution >= 4 is 23.0 Å². The van der Waals surface area contributed by atoms with Crippen molar-refractivity contribution in [1.29, 1.82) is 0 Å². The molecule has 0 atom stereocenters. The van der Waals surface area contributed by atoms with Gasteiger partial charge in [0.1, 0.15) is 5.75 Å². The van der Waals surface area contributed by atoms with Crippen LogP contribution in [0.1, 0.15) is 17.6 Å². The van der Waals surface area contributed by atoms with Crippen LogP contribution in [-0.4, -0.2) is 62.2 Å². The number of para-hydroxylation sites is 2. The molecule has 0 bridgehead atoms. The SMILES string of the molecule is CCNC(=NCCc1nc(C(F)(F)F)cs1)N1CCN(c2ccccc2OC)CC1. The van der Waals surface area contributed by atoms with Gasteiger partial charge in [-0.1, -0.05) is 12.1 Å². The molecule has 2 aromatic rings. The number of hydrogen-bond donors (Lipinski definition) is 1. The molecule has 1 aromatic heterocycles. The molecule has 0 unspecified atom stereocenters. The minimum atomic E-state index is -4.39. The van der Waals surface area contributed by atoms with Gasteiger partial charge in [0, 0.05) is 51.1 Å². The maximum Gasteiger partial charge on any atom is 0.434 e. The lowest BCUT2D eigenvalue weighted by molar-refractivity contribution is -0.140. The van der Waals surface area contributed by atoms with E-state index in [9.17, 15) is 13.2 Å². The number of nitrogens with one attached hydrogen (secondary N) is 1. The molecule has 0 spiro atoms. The van der Waals surface area contributed by atoms with Crippen molar-refractivity contribution in [2.45, 2.75) is 19.5 Å². The van der Waals surface area contributed by atoms with Crippen molar-refractivity contribution < 1.29 is 17.9 Å². The molecule has 6 nitrogen and oxygen atoms in total. The molecule has 1 N–H and O–H groups in total. The van der Waals surface area contributed by atoms with Gasteiger partial charge in [0.25, 0.3) is 0 Å². The monoisotopic (exact) mass is 441 g/mol. The van der Waals surface area contributed by atoms with E-state index >= 15 is 0 Å². The highest BCUT2D eigenvalue weighted by atomic mass is 32.1. The standard InChI is InChI=1S/C20H26F3N5OS/c1-3-24-19(25-9-8-18-26-17(14-30-18)20(21,22)23)28-12-10-27(11-13-28)15-6-4-5-7-16(15)29-2/h4-7,14H,3,8-13H2,1-2H3,(H,24,25). The fourth-order valence-corrected chi connectivity index (χ4v) is 4.08. The fraction of sp³-hybridized carbons (Fsp3) is 0.500. The fourth-order valence-electron chi connectivity index (χ4n) is 3.29. The summed E-state index contributed by atoms with van der Waals surface area (Å²) in [6, 6.07) is 7.96. The van der Waals surface area contributed by atoms with Crippen LogP contribution < -0.4 is 15.0 Å². The van der Waals surface area contributed by atoms with Crippen molar-refractivity contribution in [2.24, 2.45) is 4.99 Å². The number of aliphatic imine (C=N–C) groups is 1. The average molecular weight is 442 g/mol. The van der Waals surface area contributed by atoms with Crippen LogP contribution in [0.4, 0.5) is 18.9 Å². The molecule has 0 saturated carbocycles. The second-order valence-corrected chi connectivity index (χ2v) is 7.70. The number of anilines is 1. The Hall–Kier alpha value is -2.49. The van der Waals surface area contributed by atoms with Gasteiger partial charge in [0.15, 0.2) is 11.7 Å². The molecule has 3 rings (SSSR count). The average Bonchev–Trinajstić information content (AvgIpc) is 3.23. The lowest BCUT2D eigenvalue weighted by atomic mass is 10.2. The molecule has 1 aromatic carbocycles. The Morgan fingerprint density at radius 2 is 1.97 bits per heavy atom. The third kappa shape index (κ3) is 5.56. The maximum absolute atomic E-state index is 12.7. The highest BCUT2D eigenvalue weighted by molar-refractivity contribution is 7.09. The summed E-state index contributed by atoms with van der Waals surface area (Å²) in [6.07, 6.45) is -4.01. The molecule has 0 amide bonds. The number of rotatable bonds is 6. The lowest BCUT2D eigenvalue weighted by Crippen LogP contribution is -2.52. The minimum Gasteiger partial charge on any atom is -0.495 e. The lowest BCUT2D eigenvalue weighted by Gasteiger charge is -2.38.